The molecule has 0 radical (unpaired) electrons. The Morgan fingerprint density at radius 3 is 2.73 bits per heavy atom. The molecular weight excluding hydrogens is 418 g/mol. The highest BCUT2D eigenvalue weighted by atomic mass is 32.2. The molecule has 166 valence electrons. The average Bonchev–Trinajstić information content (AvgIpc) is 3.19. The van der Waals surface area contributed by atoms with Crippen LogP contribution in [0.15, 0.2) is 24.3 Å². The van der Waals surface area contributed by atoms with Crippen molar-refractivity contribution < 1.29 is 9.59 Å². The Labute approximate surface area is 187 Å². The van der Waals surface area contributed by atoms with Crippen LogP contribution in [0, 0.1) is 0 Å². The summed E-state index contributed by atoms with van der Waals surface area (Å²) in [5.41, 5.74) is 6.29. The normalized spacial score (nSPS) is 13.3. The van der Waals surface area contributed by atoms with Crippen molar-refractivity contribution in [2.45, 2.75) is 45.2 Å². The van der Waals surface area contributed by atoms with Crippen LogP contribution < -0.4 is 21.7 Å². The van der Waals surface area contributed by atoms with Crippen LogP contribution in [-0.4, -0.2) is 60.0 Å². The minimum absolute atomic E-state index is 0.131. The van der Waals surface area contributed by atoms with Crippen LogP contribution in [0.25, 0.3) is 10.2 Å². The first-order chi connectivity index (χ1) is 14.6. The number of fused-ring (bicyclic) bond motifs is 1. The Kier molecular flexibility index (Phi) is 11.3. The van der Waals surface area contributed by atoms with E-state index in [9.17, 15) is 9.59 Å². The van der Waals surface area contributed by atoms with E-state index < -0.39 is 6.04 Å². The van der Waals surface area contributed by atoms with E-state index in [-0.39, 0.29) is 17.7 Å². The highest BCUT2D eigenvalue weighted by Gasteiger charge is 2.27. The number of nitrogens with zero attached hydrogens (tertiary/aromatic N) is 1. The minimum Gasteiger partial charge on any atom is -0.344 e. The maximum Gasteiger partial charge on any atom is 0.238 e. The third-order valence-corrected chi connectivity index (χ3v) is 6.85. The molecule has 0 fully saturated rings. The number of carbonyl (C=O) groups is 2. The van der Waals surface area contributed by atoms with Gasteiger partial charge in [0.1, 0.15) is 0 Å². The van der Waals surface area contributed by atoms with Gasteiger partial charge in [-0.2, -0.15) is 11.8 Å². The summed E-state index contributed by atoms with van der Waals surface area (Å²) >= 11 is 3.12. The third-order valence-electron chi connectivity index (χ3n) is 4.53. The first-order valence-electron chi connectivity index (χ1n) is 10.5. The first kappa shape index (κ1) is 24.7. The molecule has 0 spiro atoms. The summed E-state index contributed by atoms with van der Waals surface area (Å²) in [6, 6.07) is 6.77. The predicted molar refractivity (Wildman–Crippen MR) is 127 cm³/mol. The van der Waals surface area contributed by atoms with Crippen molar-refractivity contribution in [2.24, 2.45) is 5.73 Å². The lowest BCUT2D eigenvalue weighted by atomic mass is 10.1. The summed E-state index contributed by atoms with van der Waals surface area (Å²) in [5, 5.41) is 9.73. The number of likely N-dealkylation sites (N-methyl/N-ethyl adjacent to an activating group) is 1. The monoisotopic (exact) mass is 451 g/mol. The quantitative estimate of drug-likeness (QED) is 0.187. The second-order valence-electron chi connectivity index (χ2n) is 6.94. The average molecular weight is 452 g/mol. The van der Waals surface area contributed by atoms with Gasteiger partial charge in [-0.3, -0.25) is 9.59 Å². The molecule has 1 aromatic carbocycles. The van der Waals surface area contributed by atoms with Crippen molar-refractivity contribution in [2.75, 3.05) is 31.3 Å². The van der Waals surface area contributed by atoms with Gasteiger partial charge in [0.25, 0.3) is 0 Å². The summed E-state index contributed by atoms with van der Waals surface area (Å²) in [7, 11) is 0. The lowest BCUT2D eigenvalue weighted by molar-refractivity contribution is -0.123. The molecule has 1 amide bonds. The number of nitrogens with one attached hydrogen (secondary N) is 3. The molecule has 0 saturated heterocycles. The first-order valence-corrected chi connectivity index (χ1v) is 12.5. The van der Waals surface area contributed by atoms with E-state index in [2.05, 4.69) is 27.9 Å². The number of thioether (sulfide) groups is 1. The van der Waals surface area contributed by atoms with Crippen LogP contribution in [0.5, 0.6) is 0 Å². The molecular formula is C21H33N5O2S2. The molecule has 0 bridgehead atoms. The molecule has 30 heavy (non-hydrogen) atoms. The fourth-order valence-corrected chi connectivity index (χ4v) is 4.94. The fraction of sp³-hybridized carbons (Fsp3) is 0.571. The molecule has 5 N–H and O–H groups in total. The molecule has 9 heteroatoms. The molecule has 2 rings (SSSR count). The van der Waals surface area contributed by atoms with E-state index >= 15 is 0 Å². The predicted octanol–water partition coefficient (Wildman–Crippen LogP) is 2.37. The number of rotatable bonds is 15. The lowest BCUT2D eigenvalue weighted by Gasteiger charge is -2.22. The van der Waals surface area contributed by atoms with E-state index in [0.717, 1.165) is 28.8 Å². The lowest BCUT2D eigenvalue weighted by Crippen LogP contribution is -2.51. The van der Waals surface area contributed by atoms with Crippen molar-refractivity contribution in [3.63, 3.8) is 0 Å². The molecule has 1 aromatic heterocycles. The number of hydrogen-bond acceptors (Lipinski definition) is 8. The maximum atomic E-state index is 13.2. The Morgan fingerprint density at radius 2 is 2.03 bits per heavy atom. The van der Waals surface area contributed by atoms with Crippen molar-refractivity contribution in [1.82, 2.24) is 20.9 Å². The number of amides is 1. The molecule has 2 aromatic rings. The highest BCUT2D eigenvalue weighted by molar-refractivity contribution is 7.99. The summed E-state index contributed by atoms with van der Waals surface area (Å²) < 4.78 is 0.970. The largest absolute Gasteiger partial charge is 0.344 e. The Balaban J connectivity index is 2.11. The maximum absolute atomic E-state index is 13.2. The number of nitrogens with two attached hydrogens (primary N) is 1. The summed E-state index contributed by atoms with van der Waals surface area (Å²) in [6.45, 7) is 5.88. The summed E-state index contributed by atoms with van der Waals surface area (Å²) in [6.07, 6.45) is 2.33. The van der Waals surface area contributed by atoms with Crippen molar-refractivity contribution >= 4 is 45.0 Å². The van der Waals surface area contributed by atoms with Gasteiger partial charge < -0.3 is 21.7 Å². The standard InChI is InChI=1S/C21H33N5O2S2/c1-3-12-29-13-17(24-4-2)20(28)25-16(9-7-11-23-14-22)19(27)21-26-15-8-5-6-10-18(15)30-21/h5-6,8,10,16-17,23-24H,3-4,7,9,11-14,22H2,1-2H3,(H,25,28)/t16?,17-/m0/s1. The zero-order valence-electron chi connectivity index (χ0n) is 17.8. The SMILES string of the molecule is CCCSC[C@H](NCC)C(=O)NC(CCCNCN)C(=O)c1nc2ccccc2s1. The van der Waals surface area contributed by atoms with Gasteiger partial charge in [0.15, 0.2) is 5.01 Å². The van der Waals surface area contributed by atoms with Gasteiger partial charge in [-0.15, -0.1) is 11.3 Å². The summed E-state index contributed by atoms with van der Waals surface area (Å²) in [4.78, 5) is 30.6. The van der Waals surface area contributed by atoms with Crippen LogP contribution in [0.4, 0.5) is 0 Å². The zero-order chi connectivity index (χ0) is 21.8. The zero-order valence-corrected chi connectivity index (χ0v) is 19.4. The molecule has 0 aliphatic carbocycles. The van der Waals surface area contributed by atoms with Crippen LogP contribution in [-0.2, 0) is 4.79 Å². The Bertz CT molecular complexity index is 766. The van der Waals surface area contributed by atoms with Crippen LogP contribution >= 0.6 is 23.1 Å². The molecule has 7 nitrogen and oxygen atoms in total. The minimum atomic E-state index is -0.602. The number of benzene rings is 1. The van der Waals surface area contributed by atoms with Crippen LogP contribution in [0.1, 0.15) is 42.9 Å². The molecule has 1 heterocycles. The van der Waals surface area contributed by atoms with Gasteiger partial charge in [0, 0.05) is 12.4 Å². The molecule has 0 saturated carbocycles. The van der Waals surface area contributed by atoms with Crippen LogP contribution in [0.3, 0.4) is 0 Å². The van der Waals surface area contributed by atoms with E-state index in [1.54, 1.807) is 11.8 Å². The number of carbonyl (C=O) groups excluding carboxylic acids is 2. The second kappa shape index (κ2) is 13.7. The van der Waals surface area contributed by atoms with Crippen molar-refractivity contribution in [3.05, 3.63) is 29.3 Å². The van der Waals surface area contributed by atoms with Gasteiger partial charge in [0.05, 0.1) is 22.3 Å². The number of Topliss-reactive ketones (excluding diaryl/α,β-unsaturated/α-hetero) is 1. The number of thiazole rings is 1. The van der Waals surface area contributed by atoms with Gasteiger partial charge in [-0.1, -0.05) is 26.0 Å². The van der Waals surface area contributed by atoms with Crippen molar-refractivity contribution in [1.29, 1.82) is 0 Å². The number of ketones is 1. The smallest absolute Gasteiger partial charge is 0.238 e. The van der Waals surface area contributed by atoms with Gasteiger partial charge >= 0.3 is 0 Å². The summed E-state index contributed by atoms with van der Waals surface area (Å²) in [5.74, 6) is 1.43. The Morgan fingerprint density at radius 1 is 1.23 bits per heavy atom. The number of para-hydroxylation sites is 1. The van der Waals surface area contributed by atoms with Crippen LogP contribution in [0.2, 0.25) is 0 Å². The topological polar surface area (TPSA) is 109 Å². The van der Waals surface area contributed by atoms with E-state index in [4.69, 9.17) is 5.73 Å². The van der Waals surface area contributed by atoms with E-state index in [1.807, 2.05) is 31.2 Å². The Hall–Kier alpha value is -1.52. The van der Waals surface area contributed by atoms with E-state index in [1.165, 1.54) is 11.3 Å². The highest BCUT2D eigenvalue weighted by Crippen LogP contribution is 2.23. The van der Waals surface area contributed by atoms with Gasteiger partial charge in [-0.25, -0.2) is 4.98 Å². The molecule has 1 unspecified atom stereocenters. The number of aromatic nitrogens is 1. The molecule has 0 aliphatic heterocycles. The fourth-order valence-electron chi connectivity index (χ4n) is 3.02. The molecule has 2 atom stereocenters. The van der Waals surface area contributed by atoms with Crippen molar-refractivity contribution in [3.8, 4) is 0 Å². The third kappa shape index (κ3) is 7.63. The van der Waals surface area contributed by atoms with Gasteiger partial charge in [0.2, 0.25) is 11.7 Å². The second-order valence-corrected chi connectivity index (χ2v) is 9.12. The molecule has 0 aliphatic rings. The van der Waals surface area contributed by atoms with E-state index in [0.29, 0.717) is 36.9 Å². The van der Waals surface area contributed by atoms with Gasteiger partial charge in [-0.05, 0) is 50.2 Å². The number of hydrogen-bond donors (Lipinski definition) is 4.